The van der Waals surface area contributed by atoms with Crippen molar-refractivity contribution < 1.29 is 22.3 Å². The number of sulfonamides is 1. The molecule has 0 saturated carbocycles. The van der Waals surface area contributed by atoms with Crippen molar-refractivity contribution in [2.24, 2.45) is 0 Å². The number of aromatic nitrogens is 3. The van der Waals surface area contributed by atoms with E-state index in [2.05, 4.69) is 10.1 Å². The van der Waals surface area contributed by atoms with Crippen molar-refractivity contribution in [1.29, 1.82) is 0 Å². The van der Waals surface area contributed by atoms with Gasteiger partial charge in [0.15, 0.2) is 0 Å². The predicted octanol–water partition coefficient (Wildman–Crippen LogP) is 0.724. The summed E-state index contributed by atoms with van der Waals surface area (Å²) in [6, 6.07) is 2.58. The molecule has 7 nitrogen and oxygen atoms in total. The van der Waals surface area contributed by atoms with Gasteiger partial charge in [0.1, 0.15) is 35.1 Å². The van der Waals surface area contributed by atoms with Gasteiger partial charge in [-0.05, 0) is 13.0 Å². The summed E-state index contributed by atoms with van der Waals surface area (Å²) in [5.74, 6) is -1.87. The molecule has 0 bridgehead atoms. The van der Waals surface area contributed by atoms with Crippen molar-refractivity contribution in [3.63, 3.8) is 0 Å². The number of aliphatic hydroxyl groups is 1. The fraction of sp³-hybridized carbons (Fsp3) is 0.429. The van der Waals surface area contributed by atoms with Gasteiger partial charge in [0.25, 0.3) is 0 Å². The van der Waals surface area contributed by atoms with Crippen LogP contribution in [0.4, 0.5) is 8.78 Å². The van der Waals surface area contributed by atoms with Crippen LogP contribution in [0.15, 0.2) is 30.9 Å². The second-order valence-corrected chi connectivity index (χ2v) is 8.08. The third-order valence-electron chi connectivity index (χ3n) is 3.90. The Kier molecular flexibility index (Phi) is 5.02. The van der Waals surface area contributed by atoms with Gasteiger partial charge in [-0.1, -0.05) is 6.07 Å². The van der Waals surface area contributed by atoms with E-state index in [1.165, 1.54) is 38.4 Å². The number of nitrogens with zero attached hydrogens (tertiary/aromatic N) is 4. The topological polar surface area (TPSA) is 88.3 Å². The molecular formula is C14H18F2N4O3S. The van der Waals surface area contributed by atoms with Crippen molar-refractivity contribution in [2.75, 3.05) is 14.1 Å². The number of halogens is 2. The summed E-state index contributed by atoms with van der Waals surface area (Å²) in [6.45, 7) is 0.888. The van der Waals surface area contributed by atoms with Crippen LogP contribution >= 0.6 is 0 Å². The fourth-order valence-electron chi connectivity index (χ4n) is 2.40. The molecule has 132 valence electrons. The Morgan fingerprint density at radius 3 is 2.54 bits per heavy atom. The lowest BCUT2D eigenvalue weighted by atomic mass is 9.90. The molecule has 0 fully saturated rings. The molecule has 2 atom stereocenters. The maximum atomic E-state index is 14.3. The van der Waals surface area contributed by atoms with E-state index in [0.29, 0.717) is 6.07 Å². The molecule has 1 heterocycles. The minimum Gasteiger partial charge on any atom is -0.382 e. The molecule has 10 heteroatoms. The quantitative estimate of drug-likeness (QED) is 0.820. The van der Waals surface area contributed by atoms with Gasteiger partial charge in [0.05, 0.1) is 6.54 Å². The third kappa shape index (κ3) is 3.30. The first-order chi connectivity index (χ1) is 11.1. The Hall–Kier alpha value is -1.91. The van der Waals surface area contributed by atoms with Crippen molar-refractivity contribution in [2.45, 2.75) is 24.3 Å². The molecule has 2 rings (SSSR count). The minimum atomic E-state index is -3.95. The van der Waals surface area contributed by atoms with E-state index in [0.717, 1.165) is 16.4 Å². The van der Waals surface area contributed by atoms with Crippen LogP contribution in [0.3, 0.4) is 0 Å². The normalized spacial score (nSPS) is 16.1. The average Bonchev–Trinajstić information content (AvgIpc) is 2.98. The Bertz CT molecular complexity index is 811. The molecule has 0 radical (unpaired) electrons. The van der Waals surface area contributed by atoms with E-state index < -0.39 is 32.5 Å². The number of benzene rings is 1. The summed E-state index contributed by atoms with van der Waals surface area (Å²) >= 11 is 0. The fourth-order valence-corrected chi connectivity index (χ4v) is 3.72. The van der Waals surface area contributed by atoms with Crippen molar-refractivity contribution >= 4 is 10.0 Å². The zero-order valence-electron chi connectivity index (χ0n) is 13.4. The van der Waals surface area contributed by atoms with Gasteiger partial charge in [0, 0.05) is 25.7 Å². The first kappa shape index (κ1) is 18.4. The molecule has 1 aromatic carbocycles. The van der Waals surface area contributed by atoms with E-state index in [9.17, 15) is 22.3 Å². The molecule has 0 aliphatic heterocycles. The van der Waals surface area contributed by atoms with E-state index in [-0.39, 0.29) is 12.1 Å². The van der Waals surface area contributed by atoms with E-state index in [1.54, 1.807) is 0 Å². The van der Waals surface area contributed by atoms with Crippen LogP contribution in [-0.2, 0) is 22.2 Å². The molecule has 0 saturated heterocycles. The smallest absolute Gasteiger partial charge is 0.219 e. The van der Waals surface area contributed by atoms with E-state index in [4.69, 9.17) is 0 Å². The highest BCUT2D eigenvalue weighted by atomic mass is 32.2. The highest BCUT2D eigenvalue weighted by Gasteiger charge is 2.46. The number of hydrogen-bond donors (Lipinski definition) is 1. The molecular weight excluding hydrogens is 342 g/mol. The second-order valence-electron chi connectivity index (χ2n) is 5.61. The first-order valence-corrected chi connectivity index (χ1v) is 8.51. The molecule has 0 aliphatic rings. The Morgan fingerprint density at radius 1 is 1.38 bits per heavy atom. The Balaban J connectivity index is 2.61. The second kappa shape index (κ2) is 6.54. The van der Waals surface area contributed by atoms with Gasteiger partial charge in [-0.25, -0.2) is 31.2 Å². The molecule has 24 heavy (non-hydrogen) atoms. The molecule has 0 amide bonds. The zero-order chi connectivity index (χ0) is 18.1. The maximum Gasteiger partial charge on any atom is 0.219 e. The lowest BCUT2D eigenvalue weighted by molar-refractivity contribution is 0.00993. The molecule has 1 N–H and O–H groups in total. The van der Waals surface area contributed by atoms with Crippen molar-refractivity contribution in [3.05, 3.63) is 48.1 Å². The van der Waals surface area contributed by atoms with Crippen LogP contribution in [0.5, 0.6) is 0 Å². The van der Waals surface area contributed by atoms with Gasteiger partial charge in [-0.15, -0.1) is 0 Å². The molecule has 0 aliphatic carbocycles. The molecule has 1 aromatic heterocycles. The van der Waals surface area contributed by atoms with Gasteiger partial charge in [0.2, 0.25) is 10.0 Å². The van der Waals surface area contributed by atoms with Gasteiger partial charge in [-0.2, -0.15) is 5.10 Å². The maximum absolute atomic E-state index is 14.3. The van der Waals surface area contributed by atoms with E-state index in [1.807, 2.05) is 0 Å². The Labute approximate surface area is 138 Å². The summed E-state index contributed by atoms with van der Waals surface area (Å²) in [7, 11) is -1.33. The van der Waals surface area contributed by atoms with Crippen LogP contribution in [0, 0.1) is 11.6 Å². The largest absolute Gasteiger partial charge is 0.382 e. The number of hydrogen-bond acceptors (Lipinski definition) is 5. The van der Waals surface area contributed by atoms with E-state index >= 15 is 0 Å². The lowest BCUT2D eigenvalue weighted by Crippen LogP contribution is -2.50. The SMILES string of the molecule is C[C@H]([C@](O)(Cn1cncn1)c1ccc(F)cc1F)S(=O)(=O)N(C)C. The van der Waals surface area contributed by atoms with Crippen LogP contribution < -0.4 is 0 Å². The zero-order valence-corrected chi connectivity index (χ0v) is 14.2. The summed E-state index contributed by atoms with van der Waals surface area (Å²) in [5, 5.41) is 13.5. The van der Waals surface area contributed by atoms with Crippen LogP contribution in [-0.4, -0.2) is 51.9 Å². The standard InChI is InChI=1S/C14H18F2N4O3S/c1-10(24(22,23)19(2)3)14(21,7-20-9-17-8-18-20)12-5-4-11(15)6-13(12)16/h4-6,8-10,21H,7H2,1-3H3/t10-,14-/m1/s1. The van der Waals surface area contributed by atoms with Crippen LogP contribution in [0.2, 0.25) is 0 Å². The Morgan fingerprint density at radius 2 is 2.04 bits per heavy atom. The lowest BCUT2D eigenvalue weighted by Gasteiger charge is -2.35. The highest BCUT2D eigenvalue weighted by molar-refractivity contribution is 7.89. The summed E-state index contributed by atoms with van der Waals surface area (Å²) < 4.78 is 54.6. The average molecular weight is 360 g/mol. The first-order valence-electron chi connectivity index (χ1n) is 7.00. The van der Waals surface area contributed by atoms with Gasteiger partial charge >= 0.3 is 0 Å². The summed E-state index contributed by atoms with van der Waals surface area (Å²) in [6.07, 6.45) is 2.47. The third-order valence-corrected chi connectivity index (χ3v) is 6.20. The van der Waals surface area contributed by atoms with Gasteiger partial charge < -0.3 is 5.11 Å². The highest BCUT2D eigenvalue weighted by Crippen LogP contribution is 2.34. The van der Waals surface area contributed by atoms with Crippen molar-refractivity contribution in [1.82, 2.24) is 19.1 Å². The summed E-state index contributed by atoms with van der Waals surface area (Å²) in [5.41, 5.74) is -2.52. The van der Waals surface area contributed by atoms with Crippen molar-refractivity contribution in [3.8, 4) is 0 Å². The van der Waals surface area contributed by atoms with Crippen LogP contribution in [0.25, 0.3) is 0 Å². The molecule has 0 unspecified atom stereocenters. The number of rotatable bonds is 6. The van der Waals surface area contributed by atoms with Crippen LogP contribution in [0.1, 0.15) is 12.5 Å². The predicted molar refractivity (Wildman–Crippen MR) is 82.3 cm³/mol. The minimum absolute atomic E-state index is 0.336. The molecule has 2 aromatic rings. The molecule has 0 spiro atoms. The summed E-state index contributed by atoms with van der Waals surface area (Å²) in [4.78, 5) is 3.72. The monoisotopic (exact) mass is 360 g/mol. The van der Waals surface area contributed by atoms with Gasteiger partial charge in [-0.3, -0.25) is 0 Å².